The van der Waals surface area contributed by atoms with Gasteiger partial charge in [0.1, 0.15) is 11.4 Å². The topological polar surface area (TPSA) is 75.4 Å². The van der Waals surface area contributed by atoms with E-state index >= 15 is 0 Å². The number of ether oxygens (including phenoxy) is 2. The quantitative estimate of drug-likeness (QED) is 0.363. The summed E-state index contributed by atoms with van der Waals surface area (Å²) in [6, 6.07) is 6.42. The van der Waals surface area contributed by atoms with Gasteiger partial charge in [-0.25, -0.2) is 14.3 Å². The largest absolute Gasteiger partial charge is 0.444 e. The lowest BCUT2D eigenvalue weighted by molar-refractivity contribution is -0.138. The van der Waals surface area contributed by atoms with E-state index in [9.17, 15) is 18.0 Å². The summed E-state index contributed by atoms with van der Waals surface area (Å²) in [5.74, 6) is 0.808. The summed E-state index contributed by atoms with van der Waals surface area (Å²) in [6.45, 7) is 15.4. The number of hydrogen-bond donors (Lipinski definition) is 0. The van der Waals surface area contributed by atoms with E-state index in [1.807, 2.05) is 38.3 Å². The fourth-order valence-corrected chi connectivity index (χ4v) is 6.99. The summed E-state index contributed by atoms with van der Waals surface area (Å²) in [5, 5.41) is 5.01. The molecule has 1 spiro atoms. The molecular weight excluding hydrogens is 585 g/mol. The molecular formula is C33H43F3N6O3. The number of likely N-dealkylation sites (tertiary alicyclic amines) is 2. The number of fused-ring (bicyclic) bond motifs is 1. The Kier molecular flexibility index (Phi) is 8.26. The van der Waals surface area contributed by atoms with Gasteiger partial charge in [0, 0.05) is 51.1 Å². The SMILES string of the molecule is Cc1c(Cc2c(CN3CCCC4(C3)CN(C(=O)OC(C)(C)C)C4)nc3c(C)cc(N4CCOCC4)nn23)cccc1C(F)(F)F. The van der Waals surface area contributed by atoms with Crippen LogP contribution in [0.1, 0.15) is 67.3 Å². The summed E-state index contributed by atoms with van der Waals surface area (Å²) in [6.07, 6.45) is -2.40. The van der Waals surface area contributed by atoms with Gasteiger partial charge in [-0.15, -0.1) is 5.10 Å². The number of anilines is 1. The van der Waals surface area contributed by atoms with Crippen molar-refractivity contribution >= 4 is 17.6 Å². The van der Waals surface area contributed by atoms with Gasteiger partial charge < -0.3 is 19.3 Å². The van der Waals surface area contributed by atoms with Crippen molar-refractivity contribution in [2.75, 3.05) is 57.4 Å². The predicted molar refractivity (Wildman–Crippen MR) is 164 cm³/mol. The van der Waals surface area contributed by atoms with E-state index in [0.29, 0.717) is 44.1 Å². The number of rotatable bonds is 5. The number of halogens is 3. The van der Waals surface area contributed by atoms with Crippen LogP contribution in [-0.2, 0) is 28.6 Å². The molecule has 1 amide bonds. The van der Waals surface area contributed by atoms with Crippen molar-refractivity contribution in [3.8, 4) is 0 Å². The molecule has 5 heterocycles. The zero-order chi connectivity index (χ0) is 32.1. The van der Waals surface area contributed by atoms with Crippen LogP contribution in [0, 0.1) is 19.3 Å². The number of alkyl halides is 3. The monoisotopic (exact) mass is 628 g/mol. The molecule has 244 valence electrons. The molecule has 0 bridgehead atoms. The second-order valence-electron chi connectivity index (χ2n) is 13.9. The molecule has 3 aromatic rings. The van der Waals surface area contributed by atoms with Gasteiger partial charge in [0.2, 0.25) is 0 Å². The van der Waals surface area contributed by atoms with Gasteiger partial charge in [-0.3, -0.25) is 4.90 Å². The number of carbonyl (C=O) groups excluding carboxylic acids is 1. The van der Waals surface area contributed by atoms with Gasteiger partial charge >= 0.3 is 12.3 Å². The van der Waals surface area contributed by atoms with E-state index < -0.39 is 17.3 Å². The Morgan fingerprint density at radius 1 is 1.07 bits per heavy atom. The number of nitrogens with zero attached hydrogens (tertiary/aromatic N) is 6. The third-order valence-corrected chi connectivity index (χ3v) is 9.19. The van der Waals surface area contributed by atoms with Gasteiger partial charge in [-0.2, -0.15) is 13.2 Å². The second kappa shape index (κ2) is 11.8. The van der Waals surface area contributed by atoms with Crippen LogP contribution in [-0.4, -0.2) is 88.6 Å². The van der Waals surface area contributed by atoms with Gasteiger partial charge in [0.05, 0.1) is 30.2 Å². The Morgan fingerprint density at radius 3 is 2.49 bits per heavy atom. The smallest absolute Gasteiger partial charge is 0.416 e. The van der Waals surface area contributed by atoms with Crippen LogP contribution in [0.5, 0.6) is 0 Å². The fraction of sp³-hybridized carbons (Fsp3) is 0.606. The first kappa shape index (κ1) is 31.6. The molecule has 2 aromatic heterocycles. The lowest BCUT2D eigenvalue weighted by atomic mass is 9.73. The third-order valence-electron chi connectivity index (χ3n) is 9.19. The summed E-state index contributed by atoms with van der Waals surface area (Å²) in [5.41, 5.74) is 2.97. The van der Waals surface area contributed by atoms with Gasteiger partial charge in [0.25, 0.3) is 0 Å². The molecule has 3 aliphatic rings. The normalized spacial score (nSPS) is 19.3. The molecule has 1 aromatic carbocycles. The Morgan fingerprint density at radius 2 is 1.80 bits per heavy atom. The van der Waals surface area contributed by atoms with Crippen LogP contribution in [0.25, 0.3) is 5.65 Å². The Labute approximate surface area is 262 Å². The first-order chi connectivity index (χ1) is 21.2. The minimum absolute atomic E-state index is 0.00374. The summed E-state index contributed by atoms with van der Waals surface area (Å²) >= 11 is 0. The molecule has 0 atom stereocenters. The number of aromatic nitrogens is 3. The highest BCUT2D eigenvalue weighted by Gasteiger charge is 2.48. The molecule has 3 fully saturated rings. The molecule has 45 heavy (non-hydrogen) atoms. The van der Waals surface area contributed by atoms with Crippen LogP contribution < -0.4 is 4.90 Å². The zero-order valence-corrected chi connectivity index (χ0v) is 26.8. The summed E-state index contributed by atoms with van der Waals surface area (Å²) < 4.78 is 54.5. The molecule has 0 aliphatic carbocycles. The summed E-state index contributed by atoms with van der Waals surface area (Å²) in [7, 11) is 0. The lowest BCUT2D eigenvalue weighted by Crippen LogP contribution is -2.64. The van der Waals surface area contributed by atoms with Gasteiger partial charge in [-0.1, -0.05) is 12.1 Å². The van der Waals surface area contributed by atoms with Crippen LogP contribution in [0.15, 0.2) is 24.3 Å². The van der Waals surface area contributed by atoms with Gasteiger partial charge in [-0.05, 0) is 82.8 Å². The van der Waals surface area contributed by atoms with Crippen molar-refractivity contribution in [1.82, 2.24) is 24.4 Å². The van der Waals surface area contributed by atoms with E-state index in [2.05, 4.69) is 9.80 Å². The number of aryl methyl sites for hydroxylation is 1. The number of piperidine rings is 1. The van der Waals surface area contributed by atoms with E-state index in [4.69, 9.17) is 19.6 Å². The van der Waals surface area contributed by atoms with Crippen molar-refractivity contribution in [1.29, 1.82) is 0 Å². The van der Waals surface area contributed by atoms with Crippen LogP contribution in [0.4, 0.5) is 23.8 Å². The van der Waals surface area contributed by atoms with Crippen LogP contribution in [0.2, 0.25) is 0 Å². The maximum Gasteiger partial charge on any atom is 0.416 e. The average Bonchev–Trinajstić information content (AvgIpc) is 3.29. The zero-order valence-electron chi connectivity index (χ0n) is 26.8. The van der Waals surface area contributed by atoms with E-state index in [1.165, 1.54) is 6.07 Å². The average molecular weight is 629 g/mol. The molecule has 3 saturated heterocycles. The molecule has 0 N–H and O–H groups in total. The molecule has 3 aliphatic heterocycles. The van der Waals surface area contributed by atoms with Crippen molar-refractivity contribution < 1.29 is 27.4 Å². The third kappa shape index (κ3) is 6.63. The first-order valence-electron chi connectivity index (χ1n) is 15.8. The molecule has 9 nitrogen and oxygen atoms in total. The number of hydrogen-bond acceptors (Lipinski definition) is 7. The van der Waals surface area contributed by atoms with Crippen molar-refractivity contribution in [2.45, 2.75) is 72.2 Å². The molecule has 0 radical (unpaired) electrons. The highest BCUT2D eigenvalue weighted by Crippen LogP contribution is 2.40. The number of imidazole rings is 1. The number of benzene rings is 1. The van der Waals surface area contributed by atoms with Crippen LogP contribution in [0.3, 0.4) is 0 Å². The molecule has 0 saturated carbocycles. The second-order valence-corrected chi connectivity index (χ2v) is 13.9. The number of morpholine rings is 1. The van der Waals surface area contributed by atoms with E-state index in [-0.39, 0.29) is 23.5 Å². The first-order valence-corrected chi connectivity index (χ1v) is 15.8. The van der Waals surface area contributed by atoms with E-state index in [1.54, 1.807) is 17.9 Å². The molecule has 6 rings (SSSR count). The Balaban J connectivity index is 1.31. The predicted octanol–water partition coefficient (Wildman–Crippen LogP) is 5.63. The highest BCUT2D eigenvalue weighted by atomic mass is 19.4. The van der Waals surface area contributed by atoms with Crippen molar-refractivity contribution in [3.05, 3.63) is 57.9 Å². The van der Waals surface area contributed by atoms with Crippen LogP contribution >= 0.6 is 0 Å². The lowest BCUT2D eigenvalue weighted by Gasteiger charge is -2.54. The number of amides is 1. The highest BCUT2D eigenvalue weighted by molar-refractivity contribution is 5.69. The Hall–Kier alpha value is -3.38. The molecule has 0 unspecified atom stereocenters. The van der Waals surface area contributed by atoms with Gasteiger partial charge in [0.15, 0.2) is 5.65 Å². The maximum absolute atomic E-state index is 13.8. The number of carbonyl (C=O) groups is 1. The molecule has 12 heteroatoms. The fourth-order valence-electron chi connectivity index (χ4n) is 6.99. The Bertz CT molecular complexity index is 1570. The van der Waals surface area contributed by atoms with Crippen molar-refractivity contribution in [2.24, 2.45) is 5.41 Å². The minimum atomic E-state index is -4.43. The minimum Gasteiger partial charge on any atom is -0.444 e. The van der Waals surface area contributed by atoms with E-state index in [0.717, 1.165) is 67.9 Å². The summed E-state index contributed by atoms with van der Waals surface area (Å²) in [4.78, 5) is 24.0. The standard InChI is InChI=1S/C33H43F3N6O3/c1-22-16-28(40-12-14-44-15-13-40)38-42-27(17-24-8-6-9-25(23(24)2)33(34,35)36)26(37-29(22)42)18-39-11-7-10-32(19-39)20-41(21-32)30(43)45-31(3,4)5/h6,8-9,16H,7,10-15,17-21H2,1-5H3. The maximum atomic E-state index is 13.8. The van der Waals surface area contributed by atoms with Crippen molar-refractivity contribution in [3.63, 3.8) is 0 Å².